The predicted octanol–water partition coefficient (Wildman–Crippen LogP) is -0.113. The quantitative estimate of drug-likeness (QED) is 0.462. The molecule has 0 fully saturated rings. The number of carbonyl (C=O) groups excluding carboxylic acids is 1. The van der Waals surface area contributed by atoms with Gasteiger partial charge in [0.15, 0.2) is 0 Å². The number of carboxylic acid groups (broad SMARTS) is 1. The molecule has 7 heteroatoms. The minimum Gasteiger partial charge on any atom is -0.478 e. The molecule has 0 radical (unpaired) electrons. The number of hydrogen-bond donors (Lipinski definition) is 5. The number of carbonyl (C=O) groups is 2. The summed E-state index contributed by atoms with van der Waals surface area (Å²) >= 11 is 0. The van der Waals surface area contributed by atoms with Crippen LogP contribution in [-0.2, 0) is 4.79 Å². The van der Waals surface area contributed by atoms with E-state index in [0.29, 0.717) is 0 Å². The summed E-state index contributed by atoms with van der Waals surface area (Å²) < 4.78 is 0. The van der Waals surface area contributed by atoms with E-state index in [-0.39, 0.29) is 35.7 Å². The normalized spacial score (nSPS) is 13.6. The van der Waals surface area contributed by atoms with Gasteiger partial charge in [0.2, 0.25) is 5.91 Å². The fourth-order valence-electron chi connectivity index (χ4n) is 1.85. The highest BCUT2D eigenvalue weighted by atomic mass is 16.4. The van der Waals surface area contributed by atoms with Gasteiger partial charge in [0.05, 0.1) is 11.7 Å². The minimum atomic E-state index is -1.43. The number of nitrogen functional groups attached to an aromatic ring is 1. The Morgan fingerprint density at radius 2 is 2.00 bits per heavy atom. The van der Waals surface area contributed by atoms with Crippen molar-refractivity contribution in [1.29, 1.82) is 0 Å². The Labute approximate surface area is 116 Å². The zero-order chi connectivity index (χ0) is 15.3. The van der Waals surface area contributed by atoms with Gasteiger partial charge in [0.25, 0.3) is 0 Å². The summed E-state index contributed by atoms with van der Waals surface area (Å²) in [6.45, 7) is 1.50. The Hall–Kier alpha value is -2.12. The number of benzene rings is 1. The zero-order valence-electron chi connectivity index (χ0n) is 11.0. The molecule has 0 spiro atoms. The maximum atomic E-state index is 11.1. The molecule has 2 unspecified atom stereocenters. The van der Waals surface area contributed by atoms with Crippen molar-refractivity contribution in [2.45, 2.75) is 25.6 Å². The number of carboxylic acids is 1. The number of nitrogens with two attached hydrogens (primary N) is 1. The van der Waals surface area contributed by atoms with E-state index >= 15 is 0 Å². The Balaban J connectivity index is 2.88. The van der Waals surface area contributed by atoms with Gasteiger partial charge < -0.3 is 26.4 Å². The van der Waals surface area contributed by atoms with Crippen molar-refractivity contribution in [3.63, 3.8) is 0 Å². The summed E-state index contributed by atoms with van der Waals surface area (Å²) in [6, 6.07) is 4.21. The number of rotatable bonds is 6. The highest BCUT2D eigenvalue weighted by Gasteiger charge is 2.25. The molecule has 0 saturated carbocycles. The molecule has 110 valence electrons. The van der Waals surface area contributed by atoms with Crippen LogP contribution in [0.2, 0.25) is 0 Å². The largest absolute Gasteiger partial charge is 0.478 e. The van der Waals surface area contributed by atoms with Crippen LogP contribution in [0.15, 0.2) is 18.2 Å². The molecular weight excluding hydrogens is 264 g/mol. The fraction of sp³-hybridized carbons (Fsp3) is 0.385. The third kappa shape index (κ3) is 3.94. The summed E-state index contributed by atoms with van der Waals surface area (Å²) in [6.07, 6.45) is -2.59. The second-order valence-corrected chi connectivity index (χ2v) is 4.40. The number of anilines is 1. The number of aliphatic hydroxyl groups is 2. The third-order valence-electron chi connectivity index (χ3n) is 2.84. The van der Waals surface area contributed by atoms with E-state index in [1.165, 1.54) is 25.1 Å². The lowest BCUT2D eigenvalue weighted by Gasteiger charge is -2.21. The highest BCUT2D eigenvalue weighted by molar-refractivity contribution is 5.91. The van der Waals surface area contributed by atoms with Crippen molar-refractivity contribution >= 4 is 17.6 Å². The lowest BCUT2D eigenvalue weighted by atomic mass is 9.95. The molecule has 6 N–H and O–H groups in total. The van der Waals surface area contributed by atoms with Gasteiger partial charge in [-0.05, 0) is 18.6 Å². The van der Waals surface area contributed by atoms with E-state index in [1.807, 2.05) is 0 Å². The maximum absolute atomic E-state index is 11.1. The van der Waals surface area contributed by atoms with Gasteiger partial charge in [-0.25, -0.2) is 4.79 Å². The van der Waals surface area contributed by atoms with Crippen molar-refractivity contribution < 1.29 is 24.9 Å². The van der Waals surface area contributed by atoms with Crippen molar-refractivity contribution in [3.8, 4) is 0 Å². The Morgan fingerprint density at radius 1 is 1.35 bits per heavy atom. The van der Waals surface area contributed by atoms with E-state index in [4.69, 9.17) is 10.8 Å². The SMILES string of the molecule is CC(=O)NCCC(O)C(O)c1c(N)cccc1C(=O)O. The van der Waals surface area contributed by atoms with Crippen LogP contribution in [-0.4, -0.2) is 39.8 Å². The van der Waals surface area contributed by atoms with Crippen molar-refractivity contribution in [3.05, 3.63) is 29.3 Å². The fourth-order valence-corrected chi connectivity index (χ4v) is 1.85. The summed E-state index contributed by atoms with van der Waals surface area (Å²) in [5, 5.41) is 31.5. The average Bonchev–Trinajstić information content (AvgIpc) is 2.36. The molecule has 1 amide bonds. The van der Waals surface area contributed by atoms with Crippen LogP contribution in [0.4, 0.5) is 5.69 Å². The Bertz CT molecular complexity index is 504. The number of aliphatic hydroxyl groups excluding tert-OH is 2. The lowest BCUT2D eigenvalue weighted by Crippen LogP contribution is -2.28. The zero-order valence-corrected chi connectivity index (χ0v) is 11.0. The van der Waals surface area contributed by atoms with Crippen molar-refractivity contribution in [1.82, 2.24) is 5.32 Å². The second kappa shape index (κ2) is 6.88. The highest BCUT2D eigenvalue weighted by Crippen LogP contribution is 2.28. The van der Waals surface area contributed by atoms with Crippen LogP contribution in [0.25, 0.3) is 0 Å². The van der Waals surface area contributed by atoms with E-state index in [0.717, 1.165) is 0 Å². The molecular formula is C13H18N2O5. The molecule has 0 aliphatic rings. The molecule has 0 bridgehead atoms. The summed E-state index contributed by atoms with van der Waals surface area (Å²) in [5.41, 5.74) is 5.59. The van der Waals surface area contributed by atoms with Crippen molar-refractivity contribution in [2.75, 3.05) is 12.3 Å². The monoisotopic (exact) mass is 282 g/mol. The Kier molecular flexibility index (Phi) is 5.48. The molecule has 7 nitrogen and oxygen atoms in total. The molecule has 1 aromatic rings. The molecule has 0 aliphatic heterocycles. The van der Waals surface area contributed by atoms with E-state index in [1.54, 1.807) is 0 Å². The summed E-state index contributed by atoms with van der Waals surface area (Å²) in [5.74, 6) is -1.49. The number of nitrogens with one attached hydrogen (secondary N) is 1. The lowest BCUT2D eigenvalue weighted by molar-refractivity contribution is -0.119. The van der Waals surface area contributed by atoms with E-state index in [2.05, 4.69) is 5.32 Å². The van der Waals surface area contributed by atoms with Gasteiger partial charge in [-0.3, -0.25) is 4.79 Å². The van der Waals surface area contributed by atoms with Gasteiger partial charge in [0, 0.05) is 24.7 Å². The molecule has 1 aromatic carbocycles. The molecule has 2 atom stereocenters. The predicted molar refractivity (Wildman–Crippen MR) is 72.1 cm³/mol. The first-order valence-corrected chi connectivity index (χ1v) is 6.06. The number of amides is 1. The average molecular weight is 282 g/mol. The van der Waals surface area contributed by atoms with E-state index in [9.17, 15) is 19.8 Å². The summed E-state index contributed by atoms with van der Waals surface area (Å²) in [7, 11) is 0. The van der Waals surface area contributed by atoms with Crippen molar-refractivity contribution in [2.24, 2.45) is 0 Å². The third-order valence-corrected chi connectivity index (χ3v) is 2.84. The van der Waals surface area contributed by atoms with Crippen LogP contribution in [0.5, 0.6) is 0 Å². The maximum Gasteiger partial charge on any atom is 0.336 e. The summed E-state index contributed by atoms with van der Waals surface area (Å²) in [4.78, 5) is 21.8. The standard InChI is InChI=1S/C13H18N2O5/c1-7(16)15-6-5-10(17)12(18)11-8(13(19)20)3-2-4-9(11)14/h2-4,10,12,17-18H,5-6,14H2,1H3,(H,15,16)(H,19,20). The number of aromatic carboxylic acids is 1. The smallest absolute Gasteiger partial charge is 0.336 e. The van der Waals surface area contributed by atoms with E-state index < -0.39 is 18.2 Å². The van der Waals surface area contributed by atoms with Gasteiger partial charge in [-0.15, -0.1) is 0 Å². The van der Waals surface area contributed by atoms with Crippen LogP contribution in [0, 0.1) is 0 Å². The second-order valence-electron chi connectivity index (χ2n) is 4.40. The van der Waals surface area contributed by atoms with Gasteiger partial charge in [-0.1, -0.05) is 6.07 Å². The molecule has 1 rings (SSSR count). The topological polar surface area (TPSA) is 133 Å². The Morgan fingerprint density at radius 3 is 2.55 bits per heavy atom. The molecule has 20 heavy (non-hydrogen) atoms. The molecule has 0 saturated heterocycles. The van der Waals surface area contributed by atoms with Crippen LogP contribution < -0.4 is 11.1 Å². The van der Waals surface area contributed by atoms with Crippen LogP contribution in [0.3, 0.4) is 0 Å². The van der Waals surface area contributed by atoms with Gasteiger partial charge in [-0.2, -0.15) is 0 Å². The van der Waals surface area contributed by atoms with Crippen LogP contribution in [0.1, 0.15) is 35.4 Å². The first-order valence-electron chi connectivity index (χ1n) is 6.06. The number of hydrogen-bond acceptors (Lipinski definition) is 5. The molecule has 0 aliphatic carbocycles. The first kappa shape index (κ1) is 15.9. The molecule has 0 aromatic heterocycles. The van der Waals surface area contributed by atoms with Gasteiger partial charge in [0.1, 0.15) is 6.10 Å². The minimum absolute atomic E-state index is 0.0182. The van der Waals surface area contributed by atoms with Crippen LogP contribution >= 0.6 is 0 Å². The molecule has 0 heterocycles. The first-order chi connectivity index (χ1) is 9.34. The van der Waals surface area contributed by atoms with Gasteiger partial charge >= 0.3 is 5.97 Å².